The Morgan fingerprint density at radius 1 is 1.15 bits per heavy atom. The molecule has 0 aromatic carbocycles. The van der Waals surface area contributed by atoms with Gasteiger partial charge < -0.3 is 9.47 Å². The Labute approximate surface area is 158 Å². The van der Waals surface area contributed by atoms with E-state index in [0.29, 0.717) is 11.5 Å². The fraction of sp³-hybridized carbons (Fsp3) is 0.350. The fourth-order valence-electron chi connectivity index (χ4n) is 3.61. The summed E-state index contributed by atoms with van der Waals surface area (Å²) in [7, 11) is 0. The first kappa shape index (κ1) is 17.3. The zero-order valence-corrected chi connectivity index (χ0v) is 15.3. The number of amides is 1. The molecule has 1 aliphatic rings. The molecular formula is C20H22N6O. The highest BCUT2D eigenvalue weighted by atomic mass is 16.2. The number of aryl methyl sites for hydroxylation is 1. The van der Waals surface area contributed by atoms with E-state index >= 15 is 0 Å². The van der Waals surface area contributed by atoms with Gasteiger partial charge in [-0.1, -0.05) is 6.07 Å². The van der Waals surface area contributed by atoms with Crippen LogP contribution in [-0.4, -0.2) is 48.4 Å². The summed E-state index contributed by atoms with van der Waals surface area (Å²) in [5.74, 6) is 1.46. The van der Waals surface area contributed by atoms with Gasteiger partial charge in [-0.25, -0.2) is 15.0 Å². The molecule has 0 aliphatic carbocycles. The molecular weight excluding hydrogens is 340 g/mol. The van der Waals surface area contributed by atoms with Crippen molar-refractivity contribution in [3.8, 4) is 0 Å². The number of hydrogen-bond donors (Lipinski definition) is 0. The predicted octanol–water partition coefficient (Wildman–Crippen LogP) is 2.44. The van der Waals surface area contributed by atoms with Gasteiger partial charge in [-0.05, 0) is 31.4 Å². The minimum atomic E-state index is 0.0188. The minimum Gasteiger partial charge on any atom is -0.338 e. The van der Waals surface area contributed by atoms with E-state index in [9.17, 15) is 4.79 Å². The van der Waals surface area contributed by atoms with Crippen LogP contribution in [-0.2, 0) is 6.54 Å². The van der Waals surface area contributed by atoms with E-state index in [1.165, 1.54) is 6.33 Å². The number of carbonyl (C=O) groups excluding carboxylic acids is 1. The Hall–Kier alpha value is -3.09. The fourth-order valence-corrected chi connectivity index (χ4v) is 3.61. The number of likely N-dealkylation sites (tertiary alicyclic amines) is 1. The van der Waals surface area contributed by atoms with E-state index in [-0.39, 0.29) is 5.91 Å². The van der Waals surface area contributed by atoms with Crippen molar-refractivity contribution in [2.75, 3.05) is 13.1 Å². The van der Waals surface area contributed by atoms with E-state index in [2.05, 4.69) is 30.6 Å². The quantitative estimate of drug-likeness (QED) is 0.712. The molecule has 1 aliphatic heterocycles. The predicted molar refractivity (Wildman–Crippen MR) is 100 cm³/mol. The van der Waals surface area contributed by atoms with Crippen LogP contribution in [0.4, 0.5) is 0 Å². The first-order valence-electron chi connectivity index (χ1n) is 9.18. The lowest BCUT2D eigenvalue weighted by Gasteiger charge is -2.32. The molecule has 1 saturated heterocycles. The van der Waals surface area contributed by atoms with E-state index in [1.54, 1.807) is 12.4 Å². The molecule has 1 amide bonds. The van der Waals surface area contributed by atoms with Crippen molar-refractivity contribution in [1.82, 2.24) is 29.4 Å². The molecule has 0 atom stereocenters. The topological polar surface area (TPSA) is 76.8 Å². The zero-order valence-electron chi connectivity index (χ0n) is 15.3. The second kappa shape index (κ2) is 7.65. The van der Waals surface area contributed by atoms with Gasteiger partial charge in [0.05, 0.1) is 17.8 Å². The lowest BCUT2D eigenvalue weighted by Crippen LogP contribution is -2.38. The van der Waals surface area contributed by atoms with Gasteiger partial charge in [0, 0.05) is 50.0 Å². The Morgan fingerprint density at radius 2 is 2.00 bits per heavy atom. The molecule has 3 aromatic rings. The molecule has 0 N–H and O–H groups in total. The van der Waals surface area contributed by atoms with Gasteiger partial charge in [0.15, 0.2) is 0 Å². The molecule has 7 heteroatoms. The molecule has 138 valence electrons. The van der Waals surface area contributed by atoms with Crippen LogP contribution in [0.5, 0.6) is 0 Å². The van der Waals surface area contributed by atoms with E-state index in [0.717, 1.165) is 49.6 Å². The molecule has 4 rings (SSSR count). The van der Waals surface area contributed by atoms with Crippen LogP contribution < -0.4 is 0 Å². The normalized spacial score (nSPS) is 15.1. The summed E-state index contributed by atoms with van der Waals surface area (Å²) in [6.07, 6.45) is 12.4. The summed E-state index contributed by atoms with van der Waals surface area (Å²) < 4.78 is 2.19. The van der Waals surface area contributed by atoms with Gasteiger partial charge in [0.1, 0.15) is 12.2 Å². The number of piperidine rings is 1. The number of hydrogen-bond acceptors (Lipinski definition) is 5. The molecule has 27 heavy (non-hydrogen) atoms. The van der Waals surface area contributed by atoms with Crippen molar-refractivity contribution < 1.29 is 4.79 Å². The maximum atomic E-state index is 12.7. The standard InChI is InChI=1S/C20H22N6O/c1-15-18(12-22-14-24-15)20(27)25-8-4-17(5-9-25)19-23-7-10-26(19)13-16-3-2-6-21-11-16/h2-3,6-7,10-12,14,17H,4-5,8-9,13H2,1H3. The van der Waals surface area contributed by atoms with Crippen LogP contribution in [0.3, 0.4) is 0 Å². The van der Waals surface area contributed by atoms with Crippen molar-refractivity contribution in [2.24, 2.45) is 0 Å². The third-order valence-corrected chi connectivity index (χ3v) is 5.11. The van der Waals surface area contributed by atoms with E-state index in [1.807, 2.05) is 36.5 Å². The number of imidazole rings is 1. The van der Waals surface area contributed by atoms with Gasteiger partial charge in [-0.15, -0.1) is 0 Å². The summed E-state index contributed by atoms with van der Waals surface area (Å²) in [5, 5.41) is 0. The maximum Gasteiger partial charge on any atom is 0.257 e. The number of pyridine rings is 1. The van der Waals surface area contributed by atoms with Crippen LogP contribution in [0, 0.1) is 6.92 Å². The molecule has 0 saturated carbocycles. The minimum absolute atomic E-state index is 0.0188. The average molecular weight is 362 g/mol. The first-order chi connectivity index (χ1) is 13.2. The van der Waals surface area contributed by atoms with Crippen molar-refractivity contribution >= 4 is 5.91 Å². The molecule has 1 fully saturated rings. The summed E-state index contributed by atoms with van der Waals surface area (Å²) in [5.41, 5.74) is 2.47. The average Bonchev–Trinajstić information content (AvgIpc) is 3.17. The van der Waals surface area contributed by atoms with Crippen LogP contribution in [0.15, 0.2) is 49.4 Å². The second-order valence-electron chi connectivity index (χ2n) is 6.86. The zero-order chi connectivity index (χ0) is 18.6. The van der Waals surface area contributed by atoms with Crippen molar-refractivity contribution in [3.63, 3.8) is 0 Å². The lowest BCUT2D eigenvalue weighted by molar-refractivity contribution is 0.0708. The molecule has 7 nitrogen and oxygen atoms in total. The van der Waals surface area contributed by atoms with Crippen LogP contribution in [0.25, 0.3) is 0 Å². The second-order valence-corrected chi connectivity index (χ2v) is 6.86. The lowest BCUT2D eigenvalue weighted by atomic mass is 9.95. The molecule has 0 spiro atoms. The van der Waals surface area contributed by atoms with Crippen molar-refractivity contribution in [2.45, 2.75) is 32.2 Å². The highest BCUT2D eigenvalue weighted by molar-refractivity contribution is 5.94. The Bertz CT molecular complexity index is 915. The van der Waals surface area contributed by atoms with E-state index < -0.39 is 0 Å². The van der Waals surface area contributed by atoms with Crippen LogP contribution in [0.1, 0.15) is 46.2 Å². The highest BCUT2D eigenvalue weighted by Gasteiger charge is 2.27. The summed E-state index contributed by atoms with van der Waals surface area (Å²) in [6, 6.07) is 4.02. The van der Waals surface area contributed by atoms with Gasteiger partial charge >= 0.3 is 0 Å². The molecule has 4 heterocycles. The van der Waals surface area contributed by atoms with Crippen LogP contribution >= 0.6 is 0 Å². The van der Waals surface area contributed by atoms with Gasteiger partial charge in [0.25, 0.3) is 5.91 Å². The SMILES string of the molecule is Cc1ncncc1C(=O)N1CCC(c2nccn2Cc2cccnc2)CC1. The van der Waals surface area contributed by atoms with Crippen molar-refractivity contribution in [3.05, 3.63) is 72.1 Å². The smallest absolute Gasteiger partial charge is 0.257 e. The number of carbonyl (C=O) groups is 1. The monoisotopic (exact) mass is 362 g/mol. The van der Waals surface area contributed by atoms with Crippen LogP contribution in [0.2, 0.25) is 0 Å². The summed E-state index contributed by atoms with van der Waals surface area (Å²) in [4.78, 5) is 31.5. The highest BCUT2D eigenvalue weighted by Crippen LogP contribution is 2.28. The molecule has 3 aromatic heterocycles. The number of aromatic nitrogens is 5. The van der Waals surface area contributed by atoms with Gasteiger partial charge in [-0.2, -0.15) is 0 Å². The van der Waals surface area contributed by atoms with Gasteiger partial charge in [-0.3, -0.25) is 9.78 Å². The number of nitrogens with zero attached hydrogens (tertiary/aromatic N) is 6. The summed E-state index contributed by atoms with van der Waals surface area (Å²) in [6.45, 7) is 4.05. The molecule has 0 radical (unpaired) electrons. The van der Waals surface area contributed by atoms with Gasteiger partial charge in [0.2, 0.25) is 0 Å². The third-order valence-electron chi connectivity index (χ3n) is 5.11. The maximum absolute atomic E-state index is 12.7. The molecule has 0 unspecified atom stereocenters. The molecule has 0 bridgehead atoms. The van der Waals surface area contributed by atoms with Crippen molar-refractivity contribution in [1.29, 1.82) is 0 Å². The Balaban J connectivity index is 1.42. The number of rotatable bonds is 4. The first-order valence-corrected chi connectivity index (χ1v) is 9.18. The largest absolute Gasteiger partial charge is 0.338 e. The summed E-state index contributed by atoms with van der Waals surface area (Å²) >= 11 is 0. The third kappa shape index (κ3) is 3.72. The Morgan fingerprint density at radius 3 is 2.74 bits per heavy atom. The Kier molecular flexibility index (Phi) is 4.91. The van der Waals surface area contributed by atoms with E-state index in [4.69, 9.17) is 0 Å².